The van der Waals surface area contributed by atoms with E-state index in [1.807, 2.05) is 18.2 Å². The molecule has 0 saturated heterocycles. The van der Waals surface area contributed by atoms with Crippen molar-refractivity contribution in [3.05, 3.63) is 24.3 Å². The quantitative estimate of drug-likeness (QED) is 0.355. The second kappa shape index (κ2) is 10.0. The lowest BCUT2D eigenvalue weighted by atomic mass is 10.2. The van der Waals surface area contributed by atoms with Crippen molar-refractivity contribution in [2.45, 2.75) is 39.5 Å². The average Bonchev–Trinajstić information content (AvgIpc) is 2.15. The molecule has 0 aliphatic rings. The number of carbonyl (C=O) groups excluding carboxylic acids is 1. The Balaban J connectivity index is 3.26. The molecule has 2 heteroatoms. The van der Waals surface area contributed by atoms with Gasteiger partial charge in [-0.15, -0.1) is 0 Å². The minimum atomic E-state index is -0.211. The minimum Gasteiger partial charge on any atom is -0.466 e. The summed E-state index contributed by atoms with van der Waals surface area (Å²) in [6.45, 7) is 4.09. The van der Waals surface area contributed by atoms with Crippen LogP contribution in [0.3, 0.4) is 0 Å². The van der Waals surface area contributed by atoms with Crippen molar-refractivity contribution in [2.75, 3.05) is 6.61 Å². The molecule has 0 atom stereocenters. The van der Waals surface area contributed by atoms with Gasteiger partial charge in [0.25, 0.3) is 0 Å². The lowest BCUT2D eigenvalue weighted by Gasteiger charge is -1.95. The van der Waals surface area contributed by atoms with Gasteiger partial charge in [-0.05, 0) is 12.8 Å². The molecular weight excluding hydrogens is 176 g/mol. The van der Waals surface area contributed by atoms with Crippen molar-refractivity contribution < 1.29 is 9.53 Å². The Bertz CT molecular complexity index is 192. The van der Waals surface area contributed by atoms with E-state index in [4.69, 9.17) is 4.74 Å². The van der Waals surface area contributed by atoms with Crippen LogP contribution in [-0.4, -0.2) is 12.6 Å². The van der Waals surface area contributed by atoms with Crippen molar-refractivity contribution in [1.82, 2.24) is 0 Å². The summed E-state index contributed by atoms with van der Waals surface area (Å²) in [5.74, 6) is -0.211. The van der Waals surface area contributed by atoms with E-state index < -0.39 is 0 Å². The van der Waals surface area contributed by atoms with Crippen LogP contribution >= 0.6 is 0 Å². The molecule has 0 amide bonds. The van der Waals surface area contributed by atoms with Crippen LogP contribution in [0.2, 0.25) is 0 Å². The van der Waals surface area contributed by atoms with Gasteiger partial charge in [0, 0.05) is 6.92 Å². The van der Waals surface area contributed by atoms with E-state index in [0.29, 0.717) is 6.61 Å². The Morgan fingerprint density at radius 2 is 1.86 bits per heavy atom. The van der Waals surface area contributed by atoms with Crippen LogP contribution in [0.5, 0.6) is 0 Å². The van der Waals surface area contributed by atoms with E-state index in [2.05, 4.69) is 13.0 Å². The van der Waals surface area contributed by atoms with Crippen molar-refractivity contribution in [3.8, 4) is 0 Å². The highest BCUT2D eigenvalue weighted by molar-refractivity contribution is 5.65. The third-order valence-electron chi connectivity index (χ3n) is 1.70. The van der Waals surface area contributed by atoms with Crippen LogP contribution in [0.1, 0.15) is 39.5 Å². The molecule has 0 aromatic carbocycles. The molecule has 0 spiro atoms. The Hall–Kier alpha value is -1.05. The number of ether oxygens (including phenoxy) is 1. The number of esters is 1. The van der Waals surface area contributed by atoms with Gasteiger partial charge in [-0.3, -0.25) is 4.79 Å². The van der Waals surface area contributed by atoms with E-state index >= 15 is 0 Å². The number of hydrogen-bond acceptors (Lipinski definition) is 2. The largest absolute Gasteiger partial charge is 0.466 e. The van der Waals surface area contributed by atoms with E-state index in [1.165, 1.54) is 19.8 Å². The molecule has 0 aromatic rings. The molecule has 0 saturated carbocycles. The first-order valence-electron chi connectivity index (χ1n) is 5.22. The predicted molar refractivity (Wildman–Crippen MR) is 59.1 cm³/mol. The number of allylic oxidation sites excluding steroid dienone is 3. The second-order valence-corrected chi connectivity index (χ2v) is 3.13. The first kappa shape index (κ1) is 12.9. The van der Waals surface area contributed by atoms with Crippen LogP contribution in [0, 0.1) is 0 Å². The zero-order valence-electron chi connectivity index (χ0n) is 9.16. The average molecular weight is 196 g/mol. The minimum absolute atomic E-state index is 0.211. The fraction of sp³-hybridized carbons (Fsp3) is 0.583. The van der Waals surface area contributed by atoms with Gasteiger partial charge in [0.1, 0.15) is 0 Å². The third kappa shape index (κ3) is 11.0. The molecule has 0 heterocycles. The smallest absolute Gasteiger partial charge is 0.302 e. The summed E-state index contributed by atoms with van der Waals surface area (Å²) in [5, 5.41) is 0. The van der Waals surface area contributed by atoms with Crippen LogP contribution < -0.4 is 0 Å². The Labute approximate surface area is 86.6 Å². The maximum absolute atomic E-state index is 10.4. The summed E-state index contributed by atoms with van der Waals surface area (Å²) in [7, 11) is 0. The number of unbranched alkanes of at least 4 members (excludes halogenated alkanes) is 2. The van der Waals surface area contributed by atoms with Gasteiger partial charge in [-0.25, -0.2) is 0 Å². The van der Waals surface area contributed by atoms with Gasteiger partial charge in [0.15, 0.2) is 0 Å². The van der Waals surface area contributed by atoms with Gasteiger partial charge < -0.3 is 4.74 Å². The lowest BCUT2D eigenvalue weighted by molar-refractivity contribution is -0.140. The fourth-order valence-corrected chi connectivity index (χ4v) is 0.942. The lowest BCUT2D eigenvalue weighted by Crippen LogP contribution is -1.98. The predicted octanol–water partition coefficient (Wildman–Crippen LogP) is 3.24. The summed E-state index contributed by atoms with van der Waals surface area (Å²) in [6, 6.07) is 0. The maximum Gasteiger partial charge on any atom is 0.302 e. The Morgan fingerprint density at radius 3 is 2.43 bits per heavy atom. The second-order valence-electron chi connectivity index (χ2n) is 3.13. The zero-order chi connectivity index (χ0) is 10.6. The molecule has 0 radical (unpaired) electrons. The molecule has 0 rings (SSSR count). The van der Waals surface area contributed by atoms with Gasteiger partial charge in [0.05, 0.1) is 6.61 Å². The summed E-state index contributed by atoms with van der Waals surface area (Å²) in [6.07, 6.45) is 12.6. The summed E-state index contributed by atoms with van der Waals surface area (Å²) >= 11 is 0. The zero-order valence-corrected chi connectivity index (χ0v) is 9.16. The molecule has 14 heavy (non-hydrogen) atoms. The first-order chi connectivity index (χ1) is 6.77. The van der Waals surface area contributed by atoms with Crippen LogP contribution in [-0.2, 0) is 9.53 Å². The van der Waals surface area contributed by atoms with Gasteiger partial charge in [-0.1, -0.05) is 44.1 Å². The molecule has 2 nitrogen and oxygen atoms in total. The normalized spacial score (nSPS) is 11.3. The Kier molecular flexibility index (Phi) is 9.28. The van der Waals surface area contributed by atoms with Crippen molar-refractivity contribution in [3.63, 3.8) is 0 Å². The molecule has 0 aliphatic heterocycles. The van der Waals surface area contributed by atoms with Crippen molar-refractivity contribution in [1.29, 1.82) is 0 Å². The molecule has 0 aromatic heterocycles. The molecule has 0 N–H and O–H groups in total. The van der Waals surface area contributed by atoms with Crippen molar-refractivity contribution in [2.24, 2.45) is 0 Å². The van der Waals surface area contributed by atoms with E-state index in [0.717, 1.165) is 12.8 Å². The van der Waals surface area contributed by atoms with E-state index in [-0.39, 0.29) is 5.97 Å². The van der Waals surface area contributed by atoms with Crippen LogP contribution in [0.15, 0.2) is 24.3 Å². The highest BCUT2D eigenvalue weighted by Gasteiger charge is 1.87. The first-order valence-corrected chi connectivity index (χ1v) is 5.22. The van der Waals surface area contributed by atoms with Gasteiger partial charge in [0.2, 0.25) is 0 Å². The summed E-state index contributed by atoms with van der Waals surface area (Å²) in [4.78, 5) is 10.4. The molecular formula is C12H20O2. The molecule has 80 valence electrons. The molecule has 0 unspecified atom stereocenters. The number of rotatable bonds is 7. The highest BCUT2D eigenvalue weighted by Crippen LogP contribution is 1.95. The van der Waals surface area contributed by atoms with E-state index in [9.17, 15) is 4.79 Å². The standard InChI is InChI=1S/C12H20O2/c1-3-4-5-6-7-8-9-10-11-14-12(2)13/h6-9H,3-5,10-11H2,1-2H3/b7-6+,9-8+. The third-order valence-corrected chi connectivity index (χ3v) is 1.70. The monoisotopic (exact) mass is 196 g/mol. The Morgan fingerprint density at radius 1 is 1.21 bits per heavy atom. The van der Waals surface area contributed by atoms with Crippen LogP contribution in [0.4, 0.5) is 0 Å². The van der Waals surface area contributed by atoms with Crippen molar-refractivity contribution >= 4 is 5.97 Å². The number of hydrogen-bond donors (Lipinski definition) is 0. The molecule has 0 fully saturated rings. The topological polar surface area (TPSA) is 26.3 Å². The molecule has 0 aliphatic carbocycles. The van der Waals surface area contributed by atoms with E-state index in [1.54, 1.807) is 0 Å². The molecule has 0 bridgehead atoms. The SMILES string of the molecule is CCCC/C=C/C=C/CCOC(C)=O. The van der Waals surface area contributed by atoms with Gasteiger partial charge in [-0.2, -0.15) is 0 Å². The summed E-state index contributed by atoms with van der Waals surface area (Å²) in [5.41, 5.74) is 0. The van der Waals surface area contributed by atoms with Gasteiger partial charge >= 0.3 is 5.97 Å². The number of carbonyl (C=O) groups is 1. The fourth-order valence-electron chi connectivity index (χ4n) is 0.942. The van der Waals surface area contributed by atoms with Crippen LogP contribution in [0.25, 0.3) is 0 Å². The maximum atomic E-state index is 10.4. The highest BCUT2D eigenvalue weighted by atomic mass is 16.5. The summed E-state index contributed by atoms with van der Waals surface area (Å²) < 4.78 is 4.77.